The molecule has 0 atom stereocenters. The van der Waals surface area contributed by atoms with Crippen molar-refractivity contribution in [2.45, 2.75) is 31.2 Å². The first-order chi connectivity index (χ1) is 8.97. The molecule has 0 radical (unpaired) electrons. The fourth-order valence-corrected chi connectivity index (χ4v) is 2.90. The summed E-state index contributed by atoms with van der Waals surface area (Å²) in [5.41, 5.74) is 4.61. The molecule has 0 aromatic heterocycles. The van der Waals surface area contributed by atoms with E-state index in [0.717, 1.165) is 37.8 Å². The molecule has 1 saturated carbocycles. The third-order valence-corrected chi connectivity index (χ3v) is 4.02. The van der Waals surface area contributed by atoms with Crippen LogP contribution in [-0.4, -0.2) is 18.0 Å². The summed E-state index contributed by atoms with van der Waals surface area (Å²) in [6.07, 6.45) is 3.41. The number of hydrogen-bond donors (Lipinski definition) is 2. The Kier molecular flexibility index (Phi) is 4.20. The molecule has 1 aromatic rings. The number of nitrogens with two attached hydrogens (primary N) is 1. The Hall–Kier alpha value is -1.01. The van der Waals surface area contributed by atoms with Gasteiger partial charge >= 0.3 is 0 Å². The maximum Gasteiger partial charge on any atom is 0.257 e. The monoisotopic (exact) mass is 332 g/mol. The van der Waals surface area contributed by atoms with Crippen LogP contribution in [-0.2, 0) is 0 Å². The molecule has 1 aliphatic carbocycles. The first-order valence-corrected chi connectivity index (χ1v) is 6.94. The number of nitrogens with one attached hydrogen (secondary N) is 1. The topological polar surface area (TPSA) is 55.1 Å². The quantitative estimate of drug-likeness (QED) is 0.894. The van der Waals surface area contributed by atoms with Gasteiger partial charge in [0.1, 0.15) is 17.2 Å². The zero-order valence-corrected chi connectivity index (χ0v) is 11.9. The van der Waals surface area contributed by atoms with E-state index in [1.165, 1.54) is 0 Å². The number of benzene rings is 1. The van der Waals surface area contributed by atoms with Crippen LogP contribution in [0.4, 0.5) is 8.78 Å². The molecule has 19 heavy (non-hydrogen) atoms. The minimum Gasteiger partial charge on any atom is -0.345 e. The third kappa shape index (κ3) is 2.95. The van der Waals surface area contributed by atoms with Gasteiger partial charge in [0, 0.05) is 11.0 Å². The summed E-state index contributed by atoms with van der Waals surface area (Å²) in [4.78, 5) is 12.1. The fourth-order valence-electron chi connectivity index (χ4n) is 2.49. The summed E-state index contributed by atoms with van der Waals surface area (Å²) in [6.45, 7) is 0.276. The molecule has 1 aromatic carbocycles. The lowest BCUT2D eigenvalue weighted by molar-refractivity contribution is 0.0894. The van der Waals surface area contributed by atoms with Gasteiger partial charge in [0.15, 0.2) is 0 Å². The van der Waals surface area contributed by atoms with E-state index in [1.54, 1.807) is 0 Å². The zero-order valence-electron chi connectivity index (χ0n) is 10.3. The highest BCUT2D eigenvalue weighted by Crippen LogP contribution is 2.29. The molecule has 0 bridgehead atoms. The largest absolute Gasteiger partial charge is 0.345 e. The predicted molar refractivity (Wildman–Crippen MR) is 71.8 cm³/mol. The molecule has 2 rings (SSSR count). The summed E-state index contributed by atoms with van der Waals surface area (Å²) in [6, 6.07) is 2.14. The van der Waals surface area contributed by atoms with Gasteiger partial charge < -0.3 is 11.1 Å². The van der Waals surface area contributed by atoms with Crippen LogP contribution >= 0.6 is 15.9 Å². The maximum atomic E-state index is 13.7. The molecule has 3 nitrogen and oxygen atoms in total. The lowest BCUT2D eigenvalue weighted by atomic mass is 9.97. The predicted octanol–water partition coefficient (Wildman–Crippen LogP) is 2.73. The number of amides is 1. The third-order valence-electron chi connectivity index (χ3n) is 3.56. The van der Waals surface area contributed by atoms with Crippen molar-refractivity contribution in [3.63, 3.8) is 0 Å². The molecule has 0 unspecified atom stereocenters. The molecule has 3 N–H and O–H groups in total. The summed E-state index contributed by atoms with van der Waals surface area (Å²) in [5, 5.41) is 2.70. The van der Waals surface area contributed by atoms with Gasteiger partial charge in [-0.2, -0.15) is 0 Å². The summed E-state index contributed by atoms with van der Waals surface area (Å²) in [7, 11) is 0. The van der Waals surface area contributed by atoms with Gasteiger partial charge in [-0.3, -0.25) is 4.79 Å². The Labute approximate surface area is 118 Å². The molecule has 1 aliphatic rings. The average Bonchev–Trinajstić information content (AvgIpc) is 2.76. The number of rotatable bonds is 3. The molecule has 0 aliphatic heterocycles. The van der Waals surface area contributed by atoms with Crippen LogP contribution in [0.15, 0.2) is 16.6 Å². The molecule has 1 fully saturated rings. The average molecular weight is 333 g/mol. The summed E-state index contributed by atoms with van der Waals surface area (Å²) in [5.74, 6) is -2.50. The maximum absolute atomic E-state index is 13.7. The van der Waals surface area contributed by atoms with Crippen molar-refractivity contribution in [2.75, 3.05) is 6.54 Å². The van der Waals surface area contributed by atoms with Crippen molar-refractivity contribution in [3.8, 4) is 0 Å². The van der Waals surface area contributed by atoms with E-state index in [9.17, 15) is 13.6 Å². The van der Waals surface area contributed by atoms with Crippen LogP contribution in [0.2, 0.25) is 0 Å². The molecule has 104 valence electrons. The SMILES string of the molecule is NCC1(NC(=O)c2c(F)cc(Br)cc2F)CCCC1. The van der Waals surface area contributed by atoms with Crippen molar-refractivity contribution in [2.24, 2.45) is 5.73 Å². The Morgan fingerprint density at radius 2 is 1.84 bits per heavy atom. The van der Waals surface area contributed by atoms with Gasteiger partial charge in [0.2, 0.25) is 0 Å². The van der Waals surface area contributed by atoms with Gasteiger partial charge in [-0.25, -0.2) is 8.78 Å². The van der Waals surface area contributed by atoms with E-state index < -0.39 is 28.6 Å². The minimum atomic E-state index is -0.880. The first-order valence-electron chi connectivity index (χ1n) is 6.14. The minimum absolute atomic E-state index is 0.258. The van der Waals surface area contributed by atoms with E-state index >= 15 is 0 Å². The van der Waals surface area contributed by atoms with Crippen LogP contribution < -0.4 is 11.1 Å². The standard InChI is InChI=1S/C13H15BrF2N2O/c14-8-5-9(15)11(10(16)6-8)12(19)18-13(7-17)3-1-2-4-13/h5-6H,1-4,7,17H2,(H,18,19). The molecular formula is C13H15BrF2N2O. The molecule has 0 spiro atoms. The second kappa shape index (κ2) is 5.54. The Bertz CT molecular complexity index is 478. The van der Waals surface area contributed by atoms with E-state index in [2.05, 4.69) is 21.2 Å². The molecule has 6 heteroatoms. The lowest BCUT2D eigenvalue weighted by Crippen LogP contribution is -2.52. The van der Waals surface area contributed by atoms with Crippen LogP contribution in [0.1, 0.15) is 36.0 Å². The number of halogens is 3. The van der Waals surface area contributed by atoms with E-state index in [1.807, 2.05) is 0 Å². The van der Waals surface area contributed by atoms with Gasteiger partial charge in [-0.1, -0.05) is 28.8 Å². The lowest BCUT2D eigenvalue weighted by Gasteiger charge is -2.28. The highest BCUT2D eigenvalue weighted by atomic mass is 79.9. The molecular weight excluding hydrogens is 318 g/mol. The highest BCUT2D eigenvalue weighted by molar-refractivity contribution is 9.10. The van der Waals surface area contributed by atoms with E-state index in [0.29, 0.717) is 0 Å². The normalized spacial score (nSPS) is 17.5. The summed E-state index contributed by atoms with van der Waals surface area (Å²) >= 11 is 2.98. The van der Waals surface area contributed by atoms with Gasteiger partial charge in [0.25, 0.3) is 5.91 Å². The van der Waals surface area contributed by atoms with Crippen LogP contribution in [0.25, 0.3) is 0 Å². The Balaban J connectivity index is 2.25. The molecule has 1 amide bonds. The van der Waals surface area contributed by atoms with Crippen molar-refractivity contribution in [3.05, 3.63) is 33.8 Å². The van der Waals surface area contributed by atoms with E-state index in [4.69, 9.17) is 5.73 Å². The van der Waals surface area contributed by atoms with Crippen molar-refractivity contribution in [1.29, 1.82) is 0 Å². The van der Waals surface area contributed by atoms with Crippen LogP contribution in [0.5, 0.6) is 0 Å². The number of hydrogen-bond acceptors (Lipinski definition) is 2. The molecule has 0 heterocycles. The number of carbonyl (C=O) groups excluding carboxylic acids is 1. The number of carbonyl (C=O) groups is 1. The summed E-state index contributed by atoms with van der Waals surface area (Å²) < 4.78 is 27.7. The van der Waals surface area contributed by atoms with Gasteiger partial charge in [-0.05, 0) is 25.0 Å². The Morgan fingerprint density at radius 3 is 2.32 bits per heavy atom. The van der Waals surface area contributed by atoms with Crippen molar-refractivity contribution >= 4 is 21.8 Å². The highest BCUT2D eigenvalue weighted by Gasteiger charge is 2.35. The van der Waals surface area contributed by atoms with Crippen molar-refractivity contribution < 1.29 is 13.6 Å². The second-order valence-electron chi connectivity index (χ2n) is 4.89. The second-order valence-corrected chi connectivity index (χ2v) is 5.81. The fraction of sp³-hybridized carbons (Fsp3) is 0.462. The van der Waals surface area contributed by atoms with E-state index in [-0.39, 0.29) is 11.0 Å². The Morgan fingerprint density at radius 1 is 1.32 bits per heavy atom. The molecule has 0 saturated heterocycles. The zero-order chi connectivity index (χ0) is 14.0. The van der Waals surface area contributed by atoms with Gasteiger partial charge in [-0.15, -0.1) is 0 Å². The van der Waals surface area contributed by atoms with Crippen molar-refractivity contribution in [1.82, 2.24) is 5.32 Å². The van der Waals surface area contributed by atoms with Gasteiger partial charge in [0.05, 0.1) is 5.54 Å². The van der Waals surface area contributed by atoms with Crippen LogP contribution in [0.3, 0.4) is 0 Å². The smallest absolute Gasteiger partial charge is 0.257 e. The first kappa shape index (κ1) is 14.4. The van der Waals surface area contributed by atoms with Crippen LogP contribution in [0, 0.1) is 11.6 Å².